The van der Waals surface area contributed by atoms with Gasteiger partial charge in [0, 0.05) is 19.2 Å². The van der Waals surface area contributed by atoms with Crippen LogP contribution in [0.25, 0.3) is 0 Å². The number of hydrogen-bond donors (Lipinski definition) is 0. The monoisotopic (exact) mass is 250 g/mol. The molecule has 0 spiro atoms. The fraction of sp³-hybridized carbons (Fsp3) is 0.571. The lowest BCUT2D eigenvalue weighted by atomic mass is 10.2. The standard InChI is InChI=1S/C14H22N2O2/c1-5-7-16(8-6-2)14(17)12-9-11(3)10-13(15-12)18-4/h9-10H,5-8H2,1-4H3. The highest BCUT2D eigenvalue weighted by atomic mass is 16.5. The van der Waals surface area contributed by atoms with Gasteiger partial charge < -0.3 is 9.64 Å². The van der Waals surface area contributed by atoms with E-state index in [0.717, 1.165) is 31.5 Å². The van der Waals surface area contributed by atoms with Crippen molar-refractivity contribution >= 4 is 5.91 Å². The minimum absolute atomic E-state index is 0.0132. The molecule has 1 amide bonds. The van der Waals surface area contributed by atoms with Crippen LogP contribution in [0.2, 0.25) is 0 Å². The normalized spacial score (nSPS) is 10.2. The first kappa shape index (κ1) is 14.5. The van der Waals surface area contributed by atoms with Crippen LogP contribution in [0.3, 0.4) is 0 Å². The van der Waals surface area contributed by atoms with E-state index < -0.39 is 0 Å². The van der Waals surface area contributed by atoms with E-state index in [0.29, 0.717) is 11.6 Å². The van der Waals surface area contributed by atoms with E-state index in [1.165, 1.54) is 0 Å². The molecule has 1 heterocycles. The maximum Gasteiger partial charge on any atom is 0.272 e. The number of aryl methyl sites for hydroxylation is 1. The van der Waals surface area contributed by atoms with Crippen molar-refractivity contribution in [2.24, 2.45) is 0 Å². The van der Waals surface area contributed by atoms with Gasteiger partial charge in [-0.3, -0.25) is 4.79 Å². The maximum absolute atomic E-state index is 12.4. The average molecular weight is 250 g/mol. The van der Waals surface area contributed by atoms with Gasteiger partial charge in [-0.1, -0.05) is 13.8 Å². The third kappa shape index (κ3) is 3.72. The lowest BCUT2D eigenvalue weighted by Gasteiger charge is -2.21. The van der Waals surface area contributed by atoms with Crippen molar-refractivity contribution in [2.45, 2.75) is 33.6 Å². The smallest absolute Gasteiger partial charge is 0.272 e. The van der Waals surface area contributed by atoms with Gasteiger partial charge in [-0.25, -0.2) is 4.98 Å². The summed E-state index contributed by atoms with van der Waals surface area (Å²) in [7, 11) is 1.56. The predicted octanol–water partition coefficient (Wildman–Crippen LogP) is 2.66. The molecule has 0 N–H and O–H groups in total. The molecule has 0 aliphatic carbocycles. The van der Waals surface area contributed by atoms with Crippen LogP contribution < -0.4 is 4.74 Å². The summed E-state index contributed by atoms with van der Waals surface area (Å²) in [6, 6.07) is 3.63. The molecule has 0 aliphatic rings. The second kappa shape index (κ2) is 6.99. The summed E-state index contributed by atoms with van der Waals surface area (Å²) in [6.07, 6.45) is 1.91. The van der Waals surface area contributed by atoms with Crippen LogP contribution in [0, 0.1) is 6.92 Å². The van der Waals surface area contributed by atoms with Gasteiger partial charge in [0.05, 0.1) is 7.11 Å². The summed E-state index contributed by atoms with van der Waals surface area (Å²) < 4.78 is 5.10. The Kier molecular flexibility index (Phi) is 5.62. The number of rotatable bonds is 6. The number of hydrogen-bond acceptors (Lipinski definition) is 3. The third-order valence-corrected chi connectivity index (χ3v) is 2.65. The lowest BCUT2D eigenvalue weighted by molar-refractivity contribution is 0.0748. The molecule has 0 aromatic carbocycles. The van der Waals surface area contributed by atoms with Crippen molar-refractivity contribution in [2.75, 3.05) is 20.2 Å². The van der Waals surface area contributed by atoms with E-state index in [4.69, 9.17) is 4.74 Å². The molecule has 4 nitrogen and oxygen atoms in total. The first-order valence-electron chi connectivity index (χ1n) is 6.44. The molecule has 0 atom stereocenters. The van der Waals surface area contributed by atoms with E-state index in [1.54, 1.807) is 7.11 Å². The largest absolute Gasteiger partial charge is 0.481 e. The molecule has 1 aromatic rings. The highest BCUT2D eigenvalue weighted by Gasteiger charge is 2.16. The van der Waals surface area contributed by atoms with Crippen LogP contribution >= 0.6 is 0 Å². The number of ether oxygens (including phenoxy) is 1. The Morgan fingerprint density at radius 1 is 1.28 bits per heavy atom. The third-order valence-electron chi connectivity index (χ3n) is 2.65. The highest BCUT2D eigenvalue weighted by Crippen LogP contribution is 2.13. The Morgan fingerprint density at radius 3 is 2.39 bits per heavy atom. The van der Waals surface area contributed by atoms with E-state index in [2.05, 4.69) is 18.8 Å². The van der Waals surface area contributed by atoms with Crippen LogP contribution in [0.1, 0.15) is 42.7 Å². The lowest BCUT2D eigenvalue weighted by Crippen LogP contribution is -2.33. The fourth-order valence-corrected chi connectivity index (χ4v) is 1.87. The molecule has 0 bridgehead atoms. The molecule has 0 saturated carbocycles. The summed E-state index contributed by atoms with van der Waals surface area (Å²) in [5, 5.41) is 0. The molecule has 0 aliphatic heterocycles. The quantitative estimate of drug-likeness (QED) is 0.779. The second-order valence-electron chi connectivity index (χ2n) is 4.36. The van der Waals surface area contributed by atoms with Crippen molar-refractivity contribution in [3.63, 3.8) is 0 Å². The number of carbonyl (C=O) groups excluding carboxylic acids is 1. The van der Waals surface area contributed by atoms with E-state index in [-0.39, 0.29) is 5.91 Å². The number of methoxy groups -OCH3 is 1. The Balaban J connectivity index is 2.96. The molecule has 0 saturated heterocycles. The molecule has 4 heteroatoms. The zero-order valence-electron chi connectivity index (χ0n) is 11.7. The van der Waals surface area contributed by atoms with Crippen molar-refractivity contribution in [3.8, 4) is 5.88 Å². The number of pyridine rings is 1. The van der Waals surface area contributed by atoms with Crippen LogP contribution in [-0.2, 0) is 0 Å². The summed E-state index contributed by atoms with van der Waals surface area (Å²) >= 11 is 0. The summed E-state index contributed by atoms with van der Waals surface area (Å²) in [5.74, 6) is 0.479. The SMILES string of the molecule is CCCN(CCC)C(=O)c1cc(C)cc(OC)n1. The molecule has 1 aromatic heterocycles. The van der Waals surface area contributed by atoms with Crippen molar-refractivity contribution in [1.82, 2.24) is 9.88 Å². The van der Waals surface area contributed by atoms with Gasteiger partial charge in [-0.15, -0.1) is 0 Å². The number of nitrogens with zero attached hydrogens (tertiary/aromatic N) is 2. The van der Waals surface area contributed by atoms with Gasteiger partial charge >= 0.3 is 0 Å². The zero-order valence-corrected chi connectivity index (χ0v) is 11.7. The molecular formula is C14H22N2O2. The Hall–Kier alpha value is -1.58. The molecule has 100 valence electrons. The van der Waals surface area contributed by atoms with Crippen LogP contribution in [0.5, 0.6) is 5.88 Å². The minimum atomic E-state index is -0.0132. The van der Waals surface area contributed by atoms with Gasteiger partial charge in [0.25, 0.3) is 5.91 Å². The summed E-state index contributed by atoms with van der Waals surface area (Å²) in [6.45, 7) is 7.61. The first-order valence-corrected chi connectivity index (χ1v) is 6.44. The van der Waals surface area contributed by atoms with Crippen LogP contribution in [-0.4, -0.2) is 36.0 Å². The Bertz CT molecular complexity index is 399. The molecule has 0 radical (unpaired) electrons. The van der Waals surface area contributed by atoms with E-state index in [1.807, 2.05) is 24.0 Å². The van der Waals surface area contributed by atoms with Gasteiger partial charge in [-0.05, 0) is 31.4 Å². The van der Waals surface area contributed by atoms with Crippen molar-refractivity contribution in [1.29, 1.82) is 0 Å². The number of amides is 1. The zero-order chi connectivity index (χ0) is 13.5. The predicted molar refractivity (Wildman–Crippen MR) is 72.0 cm³/mol. The molecule has 0 fully saturated rings. The number of carbonyl (C=O) groups is 1. The summed E-state index contributed by atoms with van der Waals surface area (Å²) in [5.41, 5.74) is 1.45. The molecule has 0 unspecified atom stereocenters. The fourth-order valence-electron chi connectivity index (χ4n) is 1.87. The van der Waals surface area contributed by atoms with E-state index >= 15 is 0 Å². The van der Waals surface area contributed by atoms with Gasteiger partial charge in [0.2, 0.25) is 5.88 Å². The highest BCUT2D eigenvalue weighted by molar-refractivity contribution is 5.92. The van der Waals surface area contributed by atoms with Gasteiger partial charge in [0.1, 0.15) is 5.69 Å². The average Bonchev–Trinajstić information content (AvgIpc) is 2.36. The van der Waals surface area contributed by atoms with Gasteiger partial charge in [-0.2, -0.15) is 0 Å². The molecule has 1 rings (SSSR count). The first-order chi connectivity index (χ1) is 8.62. The van der Waals surface area contributed by atoms with Gasteiger partial charge in [0.15, 0.2) is 0 Å². The van der Waals surface area contributed by atoms with Crippen LogP contribution in [0.4, 0.5) is 0 Å². The summed E-state index contributed by atoms with van der Waals surface area (Å²) in [4.78, 5) is 18.4. The van der Waals surface area contributed by atoms with Crippen LogP contribution in [0.15, 0.2) is 12.1 Å². The second-order valence-corrected chi connectivity index (χ2v) is 4.36. The van der Waals surface area contributed by atoms with Crippen molar-refractivity contribution in [3.05, 3.63) is 23.4 Å². The molecular weight excluding hydrogens is 228 g/mol. The minimum Gasteiger partial charge on any atom is -0.481 e. The van der Waals surface area contributed by atoms with E-state index in [9.17, 15) is 4.79 Å². The Labute approximate surface area is 109 Å². The van der Waals surface area contributed by atoms with Crippen molar-refractivity contribution < 1.29 is 9.53 Å². The Morgan fingerprint density at radius 2 is 1.89 bits per heavy atom. The molecule has 18 heavy (non-hydrogen) atoms. The number of aromatic nitrogens is 1. The maximum atomic E-state index is 12.4. The topological polar surface area (TPSA) is 42.4 Å².